The Balaban J connectivity index is 1.57. The van der Waals surface area contributed by atoms with Crippen LogP contribution < -0.4 is 9.80 Å². The molecular formula is C19H17FN4O4. The summed E-state index contributed by atoms with van der Waals surface area (Å²) in [6, 6.07) is 5.10. The van der Waals surface area contributed by atoms with E-state index in [1.807, 2.05) is 0 Å². The number of hydrogen-bond donors (Lipinski definition) is 0. The number of benzene rings is 1. The van der Waals surface area contributed by atoms with Crippen molar-refractivity contribution in [1.29, 1.82) is 0 Å². The molecule has 28 heavy (non-hydrogen) atoms. The van der Waals surface area contributed by atoms with E-state index in [0.29, 0.717) is 6.54 Å². The van der Waals surface area contributed by atoms with Crippen LogP contribution in [-0.4, -0.2) is 34.8 Å². The molecule has 3 heterocycles. The number of anilines is 2. The average Bonchev–Trinajstić information content (AvgIpc) is 3.09. The van der Waals surface area contributed by atoms with Gasteiger partial charge in [-0.3, -0.25) is 24.7 Å². The molecule has 1 atom stereocenters. The Morgan fingerprint density at radius 1 is 1.32 bits per heavy atom. The normalized spacial score (nSPS) is 18.9. The zero-order valence-corrected chi connectivity index (χ0v) is 14.9. The second-order valence-corrected chi connectivity index (χ2v) is 6.90. The highest BCUT2D eigenvalue weighted by molar-refractivity contribution is 6.04. The van der Waals surface area contributed by atoms with E-state index in [9.17, 15) is 24.1 Å². The lowest BCUT2D eigenvalue weighted by Gasteiger charge is -2.31. The van der Waals surface area contributed by atoms with Crippen molar-refractivity contribution in [3.05, 3.63) is 58.2 Å². The maximum atomic E-state index is 13.6. The smallest absolute Gasteiger partial charge is 0.306 e. The molecule has 0 aliphatic carbocycles. The minimum absolute atomic E-state index is 0.0148. The maximum Gasteiger partial charge on any atom is 0.306 e. The van der Waals surface area contributed by atoms with E-state index < -0.39 is 22.3 Å². The number of halogens is 1. The van der Waals surface area contributed by atoms with Gasteiger partial charge in [-0.2, -0.15) is 4.39 Å². The average molecular weight is 384 g/mol. The Bertz CT molecular complexity index is 980. The minimum atomic E-state index is -0.966. The largest absolute Gasteiger partial charge is 0.312 e. The number of fused-ring (bicyclic) bond motifs is 1. The van der Waals surface area contributed by atoms with Gasteiger partial charge in [0.2, 0.25) is 17.6 Å². The van der Waals surface area contributed by atoms with Gasteiger partial charge in [-0.15, -0.1) is 0 Å². The van der Waals surface area contributed by atoms with Crippen molar-refractivity contribution in [2.24, 2.45) is 5.92 Å². The van der Waals surface area contributed by atoms with Crippen LogP contribution in [0.4, 0.5) is 21.5 Å². The first kappa shape index (κ1) is 18.0. The molecule has 2 amide bonds. The molecule has 1 aromatic carbocycles. The van der Waals surface area contributed by atoms with Crippen molar-refractivity contribution in [2.75, 3.05) is 22.9 Å². The van der Waals surface area contributed by atoms with Crippen molar-refractivity contribution >= 4 is 28.9 Å². The summed E-state index contributed by atoms with van der Waals surface area (Å²) in [6.45, 7) is 0.680. The highest BCUT2D eigenvalue weighted by Gasteiger charge is 2.39. The molecule has 1 saturated heterocycles. The third-order valence-electron chi connectivity index (χ3n) is 5.17. The van der Waals surface area contributed by atoms with Gasteiger partial charge in [0.1, 0.15) is 0 Å². The maximum absolute atomic E-state index is 13.6. The molecule has 0 radical (unpaired) electrons. The molecule has 4 rings (SSSR count). The van der Waals surface area contributed by atoms with Crippen LogP contribution >= 0.6 is 0 Å². The SMILES string of the molecule is O=C1CC(C(=O)N2CCCc3cnccc32)CN1c1ccc(F)c([N+](=O)[O-])c1. The molecule has 8 nitrogen and oxygen atoms in total. The Morgan fingerprint density at radius 3 is 2.93 bits per heavy atom. The van der Waals surface area contributed by atoms with Gasteiger partial charge >= 0.3 is 5.69 Å². The summed E-state index contributed by atoms with van der Waals surface area (Å²) in [7, 11) is 0. The van der Waals surface area contributed by atoms with Gasteiger partial charge < -0.3 is 9.80 Å². The molecule has 1 fully saturated rings. The van der Waals surface area contributed by atoms with Gasteiger partial charge in [-0.05, 0) is 36.6 Å². The van der Waals surface area contributed by atoms with Crippen LogP contribution in [0.25, 0.3) is 0 Å². The number of carbonyl (C=O) groups excluding carboxylic acids is 2. The number of rotatable bonds is 3. The molecule has 2 aromatic rings. The fourth-order valence-electron chi connectivity index (χ4n) is 3.80. The molecule has 1 aromatic heterocycles. The number of nitrogens with zero attached hydrogens (tertiary/aromatic N) is 4. The highest BCUT2D eigenvalue weighted by Crippen LogP contribution is 2.33. The first-order valence-electron chi connectivity index (χ1n) is 8.94. The number of amides is 2. The number of hydrogen-bond acceptors (Lipinski definition) is 5. The Labute approximate surface area is 159 Å². The predicted molar refractivity (Wildman–Crippen MR) is 98.4 cm³/mol. The monoisotopic (exact) mass is 384 g/mol. The van der Waals surface area contributed by atoms with Crippen LogP contribution in [0, 0.1) is 21.8 Å². The number of nitro benzene ring substituents is 1. The molecule has 2 aliphatic rings. The Hall–Kier alpha value is -3.36. The topological polar surface area (TPSA) is 96.7 Å². The van der Waals surface area contributed by atoms with Gasteiger partial charge in [-0.1, -0.05) is 0 Å². The van der Waals surface area contributed by atoms with Crippen molar-refractivity contribution in [3.63, 3.8) is 0 Å². The number of pyridine rings is 1. The van der Waals surface area contributed by atoms with Crippen molar-refractivity contribution < 1.29 is 18.9 Å². The lowest BCUT2D eigenvalue weighted by atomic mass is 10.0. The fraction of sp³-hybridized carbons (Fsp3) is 0.316. The zero-order chi connectivity index (χ0) is 19.8. The van der Waals surface area contributed by atoms with Crippen LogP contribution in [0.5, 0.6) is 0 Å². The van der Waals surface area contributed by atoms with Crippen molar-refractivity contribution in [1.82, 2.24) is 4.98 Å². The first-order valence-corrected chi connectivity index (χ1v) is 8.94. The third-order valence-corrected chi connectivity index (χ3v) is 5.17. The molecule has 0 saturated carbocycles. The van der Waals surface area contributed by atoms with Crippen molar-refractivity contribution in [2.45, 2.75) is 19.3 Å². The number of carbonyl (C=O) groups is 2. The van der Waals surface area contributed by atoms with Gasteiger partial charge in [0.15, 0.2) is 0 Å². The quantitative estimate of drug-likeness (QED) is 0.598. The Kier molecular flexibility index (Phi) is 4.50. The minimum Gasteiger partial charge on any atom is -0.312 e. The van der Waals surface area contributed by atoms with Crippen LogP contribution in [0.2, 0.25) is 0 Å². The molecule has 0 spiro atoms. The summed E-state index contributed by atoms with van der Waals surface area (Å²) >= 11 is 0. The van der Waals surface area contributed by atoms with Crippen LogP contribution in [-0.2, 0) is 16.0 Å². The van der Waals surface area contributed by atoms with E-state index in [-0.39, 0.29) is 30.5 Å². The number of aromatic nitrogens is 1. The highest BCUT2D eigenvalue weighted by atomic mass is 19.1. The van der Waals surface area contributed by atoms with Crippen LogP contribution in [0.3, 0.4) is 0 Å². The molecule has 0 N–H and O–H groups in total. The number of nitro groups is 1. The van der Waals surface area contributed by atoms with E-state index in [1.54, 1.807) is 23.4 Å². The molecule has 0 bridgehead atoms. The lowest BCUT2D eigenvalue weighted by molar-refractivity contribution is -0.387. The fourth-order valence-corrected chi connectivity index (χ4v) is 3.80. The third kappa shape index (κ3) is 3.08. The van der Waals surface area contributed by atoms with E-state index in [1.165, 1.54) is 11.0 Å². The standard InChI is InChI=1S/C19H17FN4O4/c20-15-4-3-14(9-17(15)24(27)28)23-11-13(8-18(23)25)19(26)22-7-1-2-12-10-21-6-5-16(12)22/h3-6,9-10,13H,1-2,7-8,11H2. The summed E-state index contributed by atoms with van der Waals surface area (Å²) in [5, 5.41) is 11.0. The molecule has 9 heteroatoms. The first-order chi connectivity index (χ1) is 13.5. The molecular weight excluding hydrogens is 367 g/mol. The number of aryl methyl sites for hydroxylation is 1. The summed E-state index contributed by atoms with van der Waals surface area (Å²) in [6.07, 6.45) is 5.06. The van der Waals surface area contributed by atoms with Crippen LogP contribution in [0.15, 0.2) is 36.7 Å². The van der Waals surface area contributed by atoms with Crippen LogP contribution in [0.1, 0.15) is 18.4 Å². The van der Waals surface area contributed by atoms with E-state index in [2.05, 4.69) is 4.98 Å². The summed E-state index contributed by atoms with van der Waals surface area (Å²) in [4.78, 5) is 42.8. The van der Waals surface area contributed by atoms with Gasteiger partial charge in [0.25, 0.3) is 0 Å². The van der Waals surface area contributed by atoms with E-state index in [4.69, 9.17) is 0 Å². The van der Waals surface area contributed by atoms with E-state index >= 15 is 0 Å². The van der Waals surface area contributed by atoms with Gasteiger partial charge in [0.05, 0.1) is 16.5 Å². The summed E-state index contributed by atoms with van der Waals surface area (Å²) in [5.74, 6) is -1.99. The Morgan fingerprint density at radius 2 is 2.14 bits per heavy atom. The lowest BCUT2D eigenvalue weighted by Crippen LogP contribution is -2.40. The zero-order valence-electron chi connectivity index (χ0n) is 14.9. The molecule has 1 unspecified atom stereocenters. The van der Waals surface area contributed by atoms with Gasteiger partial charge in [-0.25, -0.2) is 0 Å². The second-order valence-electron chi connectivity index (χ2n) is 6.90. The van der Waals surface area contributed by atoms with E-state index in [0.717, 1.165) is 36.2 Å². The molecule has 2 aliphatic heterocycles. The second kappa shape index (κ2) is 6.99. The van der Waals surface area contributed by atoms with Gasteiger partial charge in [0, 0.05) is 43.7 Å². The molecule has 144 valence electrons. The summed E-state index contributed by atoms with van der Waals surface area (Å²) < 4.78 is 13.6. The van der Waals surface area contributed by atoms with Crippen molar-refractivity contribution in [3.8, 4) is 0 Å². The predicted octanol–water partition coefficient (Wildman–Crippen LogP) is 2.46. The summed E-state index contributed by atoms with van der Waals surface area (Å²) in [5.41, 5.74) is 1.33.